The molecule has 6 nitrogen and oxygen atoms in total. The minimum Gasteiger partial charge on any atom is -0.480 e. The van der Waals surface area contributed by atoms with Crippen molar-refractivity contribution in [1.29, 1.82) is 0 Å². The Morgan fingerprint density at radius 1 is 1.35 bits per heavy atom. The number of amides is 2. The molecule has 0 aromatic rings. The molecule has 6 heteroatoms. The fourth-order valence-corrected chi connectivity index (χ4v) is 2.57. The van der Waals surface area contributed by atoms with Crippen molar-refractivity contribution in [3.8, 4) is 0 Å². The fraction of sp³-hybridized carbons (Fsp3) is 0.857. The van der Waals surface area contributed by atoms with E-state index in [1.165, 1.54) is 4.90 Å². The Morgan fingerprint density at radius 3 is 2.50 bits per heavy atom. The summed E-state index contributed by atoms with van der Waals surface area (Å²) in [6.45, 7) is 8.53. The highest BCUT2D eigenvalue weighted by Crippen LogP contribution is 2.13. The van der Waals surface area contributed by atoms with Crippen LogP contribution in [0.1, 0.15) is 27.2 Å². The van der Waals surface area contributed by atoms with Gasteiger partial charge < -0.3 is 14.9 Å². The van der Waals surface area contributed by atoms with Gasteiger partial charge in [-0.1, -0.05) is 20.8 Å². The molecule has 0 aliphatic carbocycles. The molecule has 116 valence electrons. The Morgan fingerprint density at radius 2 is 2.00 bits per heavy atom. The minimum atomic E-state index is -0.958. The van der Waals surface area contributed by atoms with Gasteiger partial charge >= 0.3 is 12.0 Å². The maximum atomic E-state index is 12.5. The molecular weight excluding hydrogens is 258 g/mol. The normalized spacial score (nSPS) is 20.2. The number of carboxylic acids is 1. The van der Waals surface area contributed by atoms with Crippen LogP contribution in [0.4, 0.5) is 4.79 Å². The molecule has 1 fully saturated rings. The fourth-order valence-electron chi connectivity index (χ4n) is 2.57. The van der Waals surface area contributed by atoms with Gasteiger partial charge in [0.1, 0.15) is 6.54 Å². The molecule has 1 aliphatic rings. The van der Waals surface area contributed by atoms with Gasteiger partial charge in [0.15, 0.2) is 0 Å². The summed E-state index contributed by atoms with van der Waals surface area (Å²) in [5.41, 5.74) is 0. The van der Waals surface area contributed by atoms with Gasteiger partial charge in [0, 0.05) is 32.2 Å². The molecule has 0 bridgehead atoms. The maximum absolute atomic E-state index is 12.5. The average Bonchev–Trinajstić information content (AvgIpc) is 2.36. The van der Waals surface area contributed by atoms with E-state index < -0.39 is 5.97 Å². The van der Waals surface area contributed by atoms with Crippen molar-refractivity contribution in [1.82, 2.24) is 14.7 Å². The maximum Gasteiger partial charge on any atom is 0.323 e. The van der Waals surface area contributed by atoms with Crippen molar-refractivity contribution in [2.75, 3.05) is 39.8 Å². The molecule has 0 aromatic carbocycles. The van der Waals surface area contributed by atoms with E-state index in [0.29, 0.717) is 25.7 Å². The van der Waals surface area contributed by atoms with E-state index in [-0.39, 0.29) is 18.5 Å². The third kappa shape index (κ3) is 4.67. The first-order valence-electron chi connectivity index (χ1n) is 7.31. The summed E-state index contributed by atoms with van der Waals surface area (Å²) in [7, 11) is 2.07. The molecule has 0 spiro atoms. The molecule has 0 radical (unpaired) electrons. The Labute approximate surface area is 121 Å². The summed E-state index contributed by atoms with van der Waals surface area (Å²) in [6.07, 6.45) is 0.989. The van der Waals surface area contributed by atoms with Crippen LogP contribution in [0.25, 0.3) is 0 Å². The van der Waals surface area contributed by atoms with Crippen LogP contribution >= 0.6 is 0 Å². The molecule has 1 aliphatic heterocycles. The van der Waals surface area contributed by atoms with E-state index >= 15 is 0 Å². The van der Waals surface area contributed by atoms with Gasteiger partial charge in [-0.05, 0) is 19.4 Å². The second kappa shape index (κ2) is 7.47. The first-order valence-corrected chi connectivity index (χ1v) is 7.31. The Kier molecular flexibility index (Phi) is 6.26. The highest BCUT2D eigenvalue weighted by atomic mass is 16.4. The lowest BCUT2D eigenvalue weighted by atomic mass is 10.1. The molecular formula is C14H27N3O3. The predicted octanol–water partition coefficient (Wildman–Crippen LogP) is 1.17. The lowest BCUT2D eigenvalue weighted by Crippen LogP contribution is -2.57. The molecule has 20 heavy (non-hydrogen) atoms. The highest BCUT2D eigenvalue weighted by molar-refractivity contribution is 5.80. The summed E-state index contributed by atoms with van der Waals surface area (Å²) < 4.78 is 0. The number of hydrogen-bond acceptors (Lipinski definition) is 3. The lowest BCUT2D eigenvalue weighted by Gasteiger charge is -2.41. The van der Waals surface area contributed by atoms with Gasteiger partial charge in [0.05, 0.1) is 0 Å². The van der Waals surface area contributed by atoms with Crippen molar-refractivity contribution in [3.05, 3.63) is 0 Å². The van der Waals surface area contributed by atoms with Gasteiger partial charge in [-0.25, -0.2) is 4.79 Å². The molecule has 1 unspecified atom stereocenters. The number of likely N-dealkylation sites (N-methyl/N-ethyl adjacent to an activating group) is 1. The zero-order chi connectivity index (χ0) is 15.3. The number of urea groups is 1. The zero-order valence-electron chi connectivity index (χ0n) is 13.0. The third-order valence-electron chi connectivity index (χ3n) is 3.70. The first kappa shape index (κ1) is 16.8. The van der Waals surface area contributed by atoms with Crippen LogP contribution in [-0.2, 0) is 4.79 Å². The summed E-state index contributed by atoms with van der Waals surface area (Å²) in [6, 6.07) is 0.214. The quantitative estimate of drug-likeness (QED) is 0.823. The van der Waals surface area contributed by atoms with Crippen LogP contribution in [0, 0.1) is 5.92 Å². The SMILES string of the molecule is CCC1CN(C(=O)N(CC(=O)O)CC(C)C)CCN1C. The molecule has 1 atom stereocenters. The molecule has 0 saturated carbocycles. The standard InChI is InChI=1S/C14H27N3O3/c1-5-12-9-16(7-6-15(12)4)14(20)17(8-11(2)3)10-13(18)19/h11-12H,5-10H2,1-4H3,(H,18,19). The molecule has 2 amide bonds. The molecule has 1 rings (SSSR count). The Hall–Kier alpha value is -1.30. The van der Waals surface area contributed by atoms with E-state index in [0.717, 1.165) is 13.0 Å². The second-order valence-electron chi connectivity index (χ2n) is 5.94. The monoisotopic (exact) mass is 285 g/mol. The van der Waals surface area contributed by atoms with Crippen molar-refractivity contribution in [2.24, 2.45) is 5.92 Å². The number of aliphatic carboxylic acids is 1. The second-order valence-corrected chi connectivity index (χ2v) is 5.94. The summed E-state index contributed by atoms with van der Waals surface area (Å²) in [5.74, 6) is -0.701. The molecule has 1 N–H and O–H groups in total. The Balaban J connectivity index is 2.70. The van der Waals surface area contributed by atoms with E-state index in [9.17, 15) is 9.59 Å². The zero-order valence-corrected chi connectivity index (χ0v) is 13.0. The third-order valence-corrected chi connectivity index (χ3v) is 3.70. The van der Waals surface area contributed by atoms with Gasteiger partial charge in [-0.15, -0.1) is 0 Å². The van der Waals surface area contributed by atoms with Gasteiger partial charge in [0.2, 0.25) is 0 Å². The van der Waals surface area contributed by atoms with Crippen molar-refractivity contribution in [2.45, 2.75) is 33.2 Å². The van der Waals surface area contributed by atoms with Crippen LogP contribution in [-0.4, -0.2) is 77.6 Å². The van der Waals surface area contributed by atoms with Gasteiger partial charge in [-0.2, -0.15) is 0 Å². The largest absolute Gasteiger partial charge is 0.480 e. The van der Waals surface area contributed by atoms with Crippen LogP contribution in [0.5, 0.6) is 0 Å². The number of nitrogens with zero attached hydrogens (tertiary/aromatic N) is 3. The summed E-state index contributed by atoms with van der Waals surface area (Å²) in [5, 5.41) is 8.96. The number of carboxylic acid groups (broad SMARTS) is 1. The number of carbonyl (C=O) groups excluding carboxylic acids is 1. The van der Waals surface area contributed by atoms with Crippen LogP contribution in [0.15, 0.2) is 0 Å². The van der Waals surface area contributed by atoms with E-state index in [1.54, 1.807) is 4.90 Å². The predicted molar refractivity (Wildman–Crippen MR) is 77.7 cm³/mol. The van der Waals surface area contributed by atoms with E-state index in [2.05, 4.69) is 18.9 Å². The topological polar surface area (TPSA) is 64.1 Å². The van der Waals surface area contributed by atoms with Crippen LogP contribution < -0.4 is 0 Å². The minimum absolute atomic E-state index is 0.146. The van der Waals surface area contributed by atoms with E-state index in [4.69, 9.17) is 5.11 Å². The number of hydrogen-bond donors (Lipinski definition) is 1. The van der Waals surface area contributed by atoms with Crippen molar-refractivity contribution >= 4 is 12.0 Å². The van der Waals surface area contributed by atoms with Gasteiger partial charge in [0.25, 0.3) is 0 Å². The number of carbonyl (C=O) groups is 2. The van der Waals surface area contributed by atoms with E-state index in [1.807, 2.05) is 13.8 Å². The lowest BCUT2D eigenvalue weighted by molar-refractivity contribution is -0.137. The number of rotatable bonds is 5. The average molecular weight is 285 g/mol. The number of piperazine rings is 1. The highest BCUT2D eigenvalue weighted by Gasteiger charge is 2.29. The summed E-state index contributed by atoms with van der Waals surface area (Å²) >= 11 is 0. The first-order chi connectivity index (χ1) is 9.35. The van der Waals surface area contributed by atoms with Gasteiger partial charge in [-0.3, -0.25) is 9.69 Å². The van der Waals surface area contributed by atoms with Crippen molar-refractivity contribution < 1.29 is 14.7 Å². The summed E-state index contributed by atoms with van der Waals surface area (Å²) in [4.78, 5) is 28.9. The van der Waals surface area contributed by atoms with Crippen LogP contribution in [0.3, 0.4) is 0 Å². The molecule has 1 heterocycles. The van der Waals surface area contributed by atoms with Crippen molar-refractivity contribution in [3.63, 3.8) is 0 Å². The van der Waals surface area contributed by atoms with Crippen LogP contribution in [0.2, 0.25) is 0 Å². The Bertz CT molecular complexity index is 347. The molecule has 0 aromatic heterocycles. The smallest absolute Gasteiger partial charge is 0.323 e. The molecule has 1 saturated heterocycles.